The van der Waals surface area contributed by atoms with E-state index in [1.54, 1.807) is 7.11 Å². The number of nitrogens with one attached hydrogen (secondary N) is 1. The number of hydrogen-bond donors (Lipinski definition) is 1. The van der Waals surface area contributed by atoms with Crippen molar-refractivity contribution >= 4 is 0 Å². The molecule has 20 heavy (non-hydrogen) atoms. The number of nitrogens with zero attached hydrogens (tertiary/aromatic N) is 1. The maximum absolute atomic E-state index is 12.9. The molecule has 1 aliphatic rings. The summed E-state index contributed by atoms with van der Waals surface area (Å²) in [6.07, 6.45) is -4.15. The summed E-state index contributed by atoms with van der Waals surface area (Å²) < 4.78 is 43.7. The average molecular weight is 288 g/mol. The quantitative estimate of drug-likeness (QED) is 0.923. The summed E-state index contributed by atoms with van der Waals surface area (Å²) in [4.78, 5) is 1.84. The van der Waals surface area contributed by atoms with E-state index in [1.807, 2.05) is 29.2 Å². The van der Waals surface area contributed by atoms with Gasteiger partial charge in [-0.1, -0.05) is 12.1 Å². The molecule has 1 fully saturated rings. The van der Waals surface area contributed by atoms with E-state index in [1.165, 1.54) is 0 Å². The van der Waals surface area contributed by atoms with Crippen LogP contribution in [0.2, 0.25) is 0 Å². The molecule has 1 N–H and O–H groups in total. The molecule has 2 rings (SSSR count). The van der Waals surface area contributed by atoms with Crippen LogP contribution in [0.3, 0.4) is 0 Å². The SMILES string of the molecule is COc1cccc(CN2CCNCC(C(F)(F)F)C2)c1. The molecule has 1 aromatic rings. The van der Waals surface area contributed by atoms with Gasteiger partial charge in [0.1, 0.15) is 5.75 Å². The molecule has 3 nitrogen and oxygen atoms in total. The molecule has 0 amide bonds. The monoisotopic (exact) mass is 288 g/mol. The Hall–Kier alpha value is -1.27. The summed E-state index contributed by atoms with van der Waals surface area (Å²) in [7, 11) is 1.58. The molecule has 0 aliphatic carbocycles. The van der Waals surface area contributed by atoms with Crippen LogP contribution < -0.4 is 10.1 Å². The van der Waals surface area contributed by atoms with E-state index < -0.39 is 12.1 Å². The number of hydrogen-bond acceptors (Lipinski definition) is 3. The highest BCUT2D eigenvalue weighted by molar-refractivity contribution is 5.28. The van der Waals surface area contributed by atoms with Crippen LogP contribution in [0.5, 0.6) is 5.75 Å². The van der Waals surface area contributed by atoms with Crippen LogP contribution in [0.4, 0.5) is 13.2 Å². The smallest absolute Gasteiger partial charge is 0.394 e. The molecule has 0 aromatic heterocycles. The van der Waals surface area contributed by atoms with Crippen molar-refractivity contribution in [3.05, 3.63) is 29.8 Å². The maximum Gasteiger partial charge on any atom is 0.394 e. The van der Waals surface area contributed by atoms with Crippen molar-refractivity contribution in [2.45, 2.75) is 12.7 Å². The Kier molecular flexibility index (Phi) is 4.88. The van der Waals surface area contributed by atoms with Gasteiger partial charge in [-0.05, 0) is 17.7 Å². The Morgan fingerprint density at radius 1 is 1.40 bits per heavy atom. The Balaban J connectivity index is 2.03. The van der Waals surface area contributed by atoms with E-state index in [4.69, 9.17) is 4.74 Å². The molecule has 1 saturated heterocycles. The summed E-state index contributed by atoms with van der Waals surface area (Å²) >= 11 is 0. The first-order valence-corrected chi connectivity index (χ1v) is 6.62. The lowest BCUT2D eigenvalue weighted by molar-refractivity contribution is -0.176. The van der Waals surface area contributed by atoms with E-state index in [0.717, 1.165) is 11.3 Å². The maximum atomic E-state index is 12.9. The van der Waals surface area contributed by atoms with Crippen molar-refractivity contribution in [1.29, 1.82) is 0 Å². The first kappa shape index (κ1) is 15.1. The highest BCUT2D eigenvalue weighted by atomic mass is 19.4. The van der Waals surface area contributed by atoms with Gasteiger partial charge in [-0.25, -0.2) is 0 Å². The average Bonchev–Trinajstić information content (AvgIpc) is 2.64. The zero-order valence-corrected chi connectivity index (χ0v) is 11.4. The summed E-state index contributed by atoms with van der Waals surface area (Å²) in [6, 6.07) is 7.45. The summed E-state index contributed by atoms with van der Waals surface area (Å²) in [5.41, 5.74) is 0.965. The second-order valence-corrected chi connectivity index (χ2v) is 5.03. The van der Waals surface area contributed by atoms with Crippen LogP contribution in [0, 0.1) is 5.92 Å². The largest absolute Gasteiger partial charge is 0.497 e. The molecule has 0 saturated carbocycles. The first-order chi connectivity index (χ1) is 9.49. The van der Waals surface area contributed by atoms with Crippen molar-refractivity contribution in [2.75, 3.05) is 33.3 Å². The highest BCUT2D eigenvalue weighted by Gasteiger charge is 2.40. The third-order valence-electron chi connectivity index (χ3n) is 3.48. The molecule has 6 heteroatoms. The summed E-state index contributed by atoms with van der Waals surface area (Å²) in [6.45, 7) is 1.73. The summed E-state index contributed by atoms with van der Waals surface area (Å²) in [5.74, 6) is -0.585. The van der Waals surface area contributed by atoms with Crippen molar-refractivity contribution in [3.63, 3.8) is 0 Å². The molecule has 0 spiro atoms. The lowest BCUT2D eigenvalue weighted by Crippen LogP contribution is -2.37. The number of methoxy groups -OCH3 is 1. The van der Waals surface area contributed by atoms with Gasteiger partial charge >= 0.3 is 6.18 Å². The lowest BCUT2D eigenvalue weighted by atomic mass is 10.1. The highest BCUT2D eigenvalue weighted by Crippen LogP contribution is 2.28. The predicted octanol–water partition coefficient (Wildman–Crippen LogP) is 2.28. The van der Waals surface area contributed by atoms with Gasteiger partial charge in [-0.3, -0.25) is 4.90 Å². The topological polar surface area (TPSA) is 24.5 Å². The standard InChI is InChI=1S/C14H19F3N2O/c1-20-13-4-2-3-11(7-13)9-19-6-5-18-8-12(10-19)14(15,16)17/h2-4,7,12,18H,5-6,8-10H2,1H3. The Morgan fingerprint density at radius 2 is 2.20 bits per heavy atom. The van der Waals surface area contributed by atoms with Crippen LogP contribution in [0.1, 0.15) is 5.56 Å². The fourth-order valence-electron chi connectivity index (χ4n) is 2.37. The molecule has 1 heterocycles. The van der Waals surface area contributed by atoms with Gasteiger partial charge in [0.2, 0.25) is 0 Å². The van der Waals surface area contributed by atoms with E-state index in [2.05, 4.69) is 5.32 Å². The molecule has 0 radical (unpaired) electrons. The van der Waals surface area contributed by atoms with Crippen LogP contribution in [0.15, 0.2) is 24.3 Å². The molecular formula is C14H19F3N2O. The third-order valence-corrected chi connectivity index (χ3v) is 3.48. The van der Waals surface area contributed by atoms with Gasteiger partial charge in [0.15, 0.2) is 0 Å². The molecule has 1 aromatic carbocycles. The lowest BCUT2D eigenvalue weighted by Gasteiger charge is -2.25. The van der Waals surface area contributed by atoms with Gasteiger partial charge in [0.25, 0.3) is 0 Å². The minimum absolute atomic E-state index is 0.00187. The Labute approximate surface area is 116 Å². The van der Waals surface area contributed by atoms with Crippen LogP contribution in [0.25, 0.3) is 0 Å². The van der Waals surface area contributed by atoms with Gasteiger partial charge in [-0.15, -0.1) is 0 Å². The normalized spacial score (nSPS) is 21.5. The van der Waals surface area contributed by atoms with E-state index in [9.17, 15) is 13.2 Å². The molecule has 1 atom stereocenters. The number of halogens is 3. The van der Waals surface area contributed by atoms with Crippen molar-refractivity contribution < 1.29 is 17.9 Å². The Bertz CT molecular complexity index is 437. The molecule has 112 valence electrons. The van der Waals surface area contributed by atoms with E-state index in [0.29, 0.717) is 19.6 Å². The van der Waals surface area contributed by atoms with Crippen molar-refractivity contribution in [2.24, 2.45) is 5.92 Å². The van der Waals surface area contributed by atoms with Crippen molar-refractivity contribution in [3.8, 4) is 5.75 Å². The predicted molar refractivity (Wildman–Crippen MR) is 70.7 cm³/mol. The fraction of sp³-hybridized carbons (Fsp3) is 0.571. The molecule has 0 bridgehead atoms. The number of alkyl halides is 3. The second-order valence-electron chi connectivity index (χ2n) is 5.03. The van der Waals surface area contributed by atoms with Crippen molar-refractivity contribution in [1.82, 2.24) is 10.2 Å². The molecule has 1 aliphatic heterocycles. The molecular weight excluding hydrogens is 269 g/mol. The van der Waals surface area contributed by atoms with E-state index >= 15 is 0 Å². The minimum Gasteiger partial charge on any atom is -0.497 e. The van der Waals surface area contributed by atoms with Crippen LogP contribution >= 0.6 is 0 Å². The number of ether oxygens (including phenoxy) is 1. The van der Waals surface area contributed by atoms with Gasteiger partial charge in [0.05, 0.1) is 13.0 Å². The van der Waals surface area contributed by atoms with Crippen LogP contribution in [-0.2, 0) is 6.54 Å². The Morgan fingerprint density at radius 3 is 2.90 bits per heavy atom. The van der Waals surface area contributed by atoms with Gasteiger partial charge in [0, 0.05) is 32.7 Å². The van der Waals surface area contributed by atoms with Crippen LogP contribution in [-0.4, -0.2) is 44.4 Å². The second kappa shape index (κ2) is 6.45. The summed E-state index contributed by atoms with van der Waals surface area (Å²) in [5, 5.41) is 2.86. The number of benzene rings is 1. The zero-order chi connectivity index (χ0) is 14.6. The third kappa shape index (κ3) is 4.11. The fourth-order valence-corrected chi connectivity index (χ4v) is 2.37. The van der Waals surface area contributed by atoms with Gasteiger partial charge in [-0.2, -0.15) is 13.2 Å². The minimum atomic E-state index is -4.15. The van der Waals surface area contributed by atoms with Gasteiger partial charge < -0.3 is 10.1 Å². The van der Waals surface area contributed by atoms with E-state index in [-0.39, 0.29) is 13.1 Å². The zero-order valence-electron chi connectivity index (χ0n) is 11.4. The first-order valence-electron chi connectivity index (χ1n) is 6.62. The number of rotatable bonds is 3. The molecule has 1 unspecified atom stereocenters.